The van der Waals surface area contributed by atoms with Crippen molar-refractivity contribution < 1.29 is 13.2 Å². The number of rotatable bonds is 2. The summed E-state index contributed by atoms with van der Waals surface area (Å²) in [5.41, 5.74) is 0. The van der Waals surface area contributed by atoms with Crippen molar-refractivity contribution in [3.63, 3.8) is 0 Å². The van der Waals surface area contributed by atoms with Crippen molar-refractivity contribution in [3.8, 4) is 0 Å². The first kappa shape index (κ1) is 11.9. The van der Waals surface area contributed by atoms with Crippen molar-refractivity contribution in [2.45, 2.75) is 4.90 Å². The Hall–Kier alpha value is -1.60. The molecule has 0 fully saturated rings. The lowest BCUT2D eigenvalue weighted by Crippen LogP contribution is -2.37. The molecule has 0 unspecified atom stereocenters. The smallest absolute Gasteiger partial charge is 0.328 e. The van der Waals surface area contributed by atoms with E-state index in [0.717, 1.165) is 10.1 Å². The third kappa shape index (κ3) is 2.40. The molecule has 17 heavy (non-hydrogen) atoms. The second kappa shape index (κ2) is 4.34. The largest absolute Gasteiger partial charge is 0.340 e. The number of thiophene rings is 1. The molecule has 2 N–H and O–H groups in total. The molecule has 1 aromatic heterocycles. The van der Waals surface area contributed by atoms with Crippen LogP contribution in [0.1, 0.15) is 0 Å². The number of fused-ring (bicyclic) bond motifs is 1. The van der Waals surface area contributed by atoms with Gasteiger partial charge in [-0.1, -0.05) is 6.07 Å². The molecule has 1 heterocycles. The van der Waals surface area contributed by atoms with Gasteiger partial charge in [0, 0.05) is 11.7 Å². The van der Waals surface area contributed by atoms with E-state index < -0.39 is 16.1 Å². The van der Waals surface area contributed by atoms with Gasteiger partial charge in [-0.05, 0) is 29.0 Å². The second-order valence-corrected chi connectivity index (χ2v) is 5.93. The molecule has 90 valence electrons. The van der Waals surface area contributed by atoms with E-state index in [1.807, 2.05) is 16.2 Å². The Labute approximate surface area is 103 Å². The molecule has 0 aliphatic carbocycles. The SMILES string of the molecule is CNC(=O)NS(=O)(=O)c1ccc2ccsc2c1. The number of urea groups is 1. The van der Waals surface area contributed by atoms with Gasteiger partial charge in [0.05, 0.1) is 4.90 Å². The van der Waals surface area contributed by atoms with Gasteiger partial charge in [0.1, 0.15) is 0 Å². The van der Waals surface area contributed by atoms with Crippen molar-refractivity contribution in [1.82, 2.24) is 10.0 Å². The van der Waals surface area contributed by atoms with Crippen LogP contribution in [-0.4, -0.2) is 21.5 Å². The van der Waals surface area contributed by atoms with E-state index in [4.69, 9.17) is 0 Å². The summed E-state index contributed by atoms with van der Waals surface area (Å²) < 4.78 is 26.4. The molecule has 2 amide bonds. The summed E-state index contributed by atoms with van der Waals surface area (Å²) in [7, 11) is -2.44. The predicted molar refractivity (Wildman–Crippen MR) is 66.6 cm³/mol. The van der Waals surface area contributed by atoms with Gasteiger partial charge < -0.3 is 5.32 Å². The summed E-state index contributed by atoms with van der Waals surface area (Å²) in [5.74, 6) is 0. The summed E-state index contributed by atoms with van der Waals surface area (Å²) >= 11 is 1.45. The standard InChI is InChI=1S/C10H10N2O3S2/c1-11-10(13)12-17(14,15)8-3-2-7-4-5-16-9(7)6-8/h2-6H,1H3,(H2,11,12,13). The molecule has 0 atom stereocenters. The third-order valence-corrected chi connectivity index (χ3v) is 4.40. The monoisotopic (exact) mass is 270 g/mol. The lowest BCUT2D eigenvalue weighted by Gasteiger charge is -2.05. The summed E-state index contributed by atoms with van der Waals surface area (Å²) in [5, 5.41) is 5.06. The Morgan fingerprint density at radius 2 is 2.06 bits per heavy atom. The highest BCUT2D eigenvalue weighted by molar-refractivity contribution is 7.90. The van der Waals surface area contributed by atoms with E-state index in [0.29, 0.717) is 0 Å². The van der Waals surface area contributed by atoms with Crippen molar-refractivity contribution in [2.24, 2.45) is 0 Å². The average Bonchev–Trinajstić information content (AvgIpc) is 2.75. The van der Waals surface area contributed by atoms with Crippen LogP contribution in [0.15, 0.2) is 34.5 Å². The van der Waals surface area contributed by atoms with Crippen LogP contribution in [0, 0.1) is 0 Å². The van der Waals surface area contributed by atoms with Gasteiger partial charge in [0.15, 0.2) is 0 Å². The van der Waals surface area contributed by atoms with E-state index in [9.17, 15) is 13.2 Å². The van der Waals surface area contributed by atoms with Gasteiger partial charge in [-0.25, -0.2) is 17.9 Å². The van der Waals surface area contributed by atoms with Crippen LogP contribution in [0.5, 0.6) is 0 Å². The molecule has 1 aromatic carbocycles. The van der Waals surface area contributed by atoms with Gasteiger partial charge >= 0.3 is 6.03 Å². The Bertz CT molecular complexity index is 661. The first-order valence-electron chi connectivity index (χ1n) is 4.75. The zero-order valence-electron chi connectivity index (χ0n) is 8.93. The highest BCUT2D eigenvalue weighted by atomic mass is 32.2. The Balaban J connectivity index is 2.41. The molecule has 5 nitrogen and oxygen atoms in total. The molecule has 0 saturated heterocycles. The van der Waals surface area contributed by atoms with E-state index in [-0.39, 0.29) is 4.90 Å². The fourth-order valence-electron chi connectivity index (χ4n) is 1.33. The maximum Gasteiger partial charge on any atom is 0.328 e. The highest BCUT2D eigenvalue weighted by Gasteiger charge is 2.17. The van der Waals surface area contributed by atoms with E-state index >= 15 is 0 Å². The molecule has 7 heteroatoms. The minimum absolute atomic E-state index is 0.0797. The normalized spacial score (nSPS) is 11.4. The highest BCUT2D eigenvalue weighted by Crippen LogP contribution is 2.23. The summed E-state index contributed by atoms with van der Waals surface area (Å²) in [6, 6.07) is 5.88. The van der Waals surface area contributed by atoms with Gasteiger partial charge in [0.25, 0.3) is 10.0 Å². The lowest BCUT2D eigenvalue weighted by atomic mass is 10.3. The lowest BCUT2D eigenvalue weighted by molar-refractivity contribution is 0.248. The fourth-order valence-corrected chi connectivity index (χ4v) is 3.22. The minimum Gasteiger partial charge on any atom is -0.340 e. The average molecular weight is 270 g/mol. The third-order valence-electron chi connectivity index (χ3n) is 2.19. The van der Waals surface area contributed by atoms with Gasteiger partial charge in [-0.3, -0.25) is 0 Å². The molecule has 0 saturated carbocycles. The van der Waals surface area contributed by atoms with Crippen LogP contribution < -0.4 is 10.0 Å². The number of nitrogens with one attached hydrogen (secondary N) is 2. The van der Waals surface area contributed by atoms with Gasteiger partial charge in [-0.2, -0.15) is 0 Å². The van der Waals surface area contributed by atoms with Crippen LogP contribution in [0.25, 0.3) is 10.1 Å². The minimum atomic E-state index is -3.80. The zero-order valence-corrected chi connectivity index (χ0v) is 10.6. The number of hydrogen-bond donors (Lipinski definition) is 2. The maximum atomic E-state index is 11.8. The first-order valence-corrected chi connectivity index (χ1v) is 7.11. The molecule has 0 aliphatic rings. The van der Waals surface area contributed by atoms with Crippen LogP contribution in [0.4, 0.5) is 4.79 Å². The van der Waals surface area contributed by atoms with Crippen LogP contribution in [-0.2, 0) is 10.0 Å². The van der Waals surface area contributed by atoms with E-state index in [1.54, 1.807) is 12.1 Å². The van der Waals surface area contributed by atoms with Crippen LogP contribution in [0.3, 0.4) is 0 Å². The molecule has 2 aromatic rings. The predicted octanol–water partition coefficient (Wildman–Crippen LogP) is 1.52. The zero-order chi connectivity index (χ0) is 12.5. The Morgan fingerprint density at radius 3 is 2.76 bits per heavy atom. The molecular formula is C10H10N2O3S2. The number of carbonyl (C=O) groups is 1. The number of hydrogen-bond acceptors (Lipinski definition) is 4. The fraction of sp³-hybridized carbons (Fsp3) is 0.100. The second-order valence-electron chi connectivity index (χ2n) is 3.30. The van der Waals surface area contributed by atoms with Gasteiger partial charge in [0.2, 0.25) is 0 Å². The van der Waals surface area contributed by atoms with Crippen molar-refractivity contribution >= 4 is 37.5 Å². The van der Waals surface area contributed by atoms with Crippen molar-refractivity contribution in [1.29, 1.82) is 0 Å². The molecule has 0 bridgehead atoms. The first-order chi connectivity index (χ1) is 8.03. The molecular weight excluding hydrogens is 260 g/mol. The molecule has 0 radical (unpaired) electrons. The topological polar surface area (TPSA) is 75.3 Å². The number of carbonyl (C=O) groups excluding carboxylic acids is 1. The number of amides is 2. The molecule has 0 spiro atoms. The quantitative estimate of drug-likeness (QED) is 0.868. The van der Waals surface area contributed by atoms with Crippen LogP contribution in [0.2, 0.25) is 0 Å². The number of benzene rings is 1. The summed E-state index contributed by atoms with van der Waals surface area (Å²) in [6.07, 6.45) is 0. The van der Waals surface area contributed by atoms with Crippen molar-refractivity contribution in [3.05, 3.63) is 29.6 Å². The maximum absolute atomic E-state index is 11.8. The van der Waals surface area contributed by atoms with Gasteiger partial charge in [-0.15, -0.1) is 11.3 Å². The van der Waals surface area contributed by atoms with Crippen LogP contribution >= 0.6 is 11.3 Å². The molecule has 0 aliphatic heterocycles. The Kier molecular flexibility index (Phi) is 3.03. The summed E-state index contributed by atoms with van der Waals surface area (Å²) in [4.78, 5) is 11.1. The van der Waals surface area contributed by atoms with E-state index in [2.05, 4.69) is 5.32 Å². The molecule has 2 rings (SSSR count). The van der Waals surface area contributed by atoms with Crippen molar-refractivity contribution in [2.75, 3.05) is 7.05 Å². The summed E-state index contributed by atoms with van der Waals surface area (Å²) in [6.45, 7) is 0. The Morgan fingerprint density at radius 1 is 1.29 bits per heavy atom. The van der Waals surface area contributed by atoms with E-state index in [1.165, 1.54) is 24.5 Å². The number of sulfonamides is 1.